The van der Waals surface area contributed by atoms with E-state index in [1.165, 1.54) is 0 Å². The van der Waals surface area contributed by atoms with Gasteiger partial charge in [-0.3, -0.25) is 4.99 Å². The maximum absolute atomic E-state index is 12.9. The molecule has 0 radical (unpaired) electrons. The summed E-state index contributed by atoms with van der Waals surface area (Å²) in [5.74, 6) is 1.12. The number of esters is 1. The highest BCUT2D eigenvalue weighted by molar-refractivity contribution is 8.14. The third kappa shape index (κ3) is 4.10. The second-order valence-corrected chi connectivity index (χ2v) is 7.55. The van der Waals surface area contributed by atoms with Gasteiger partial charge in [-0.1, -0.05) is 30.3 Å². The first-order valence-electron chi connectivity index (χ1n) is 8.64. The molecule has 0 aromatic heterocycles. The summed E-state index contributed by atoms with van der Waals surface area (Å²) >= 11 is 1.60. The molecule has 1 atom stereocenters. The van der Waals surface area contributed by atoms with Crippen molar-refractivity contribution in [3.8, 4) is 5.75 Å². The summed E-state index contributed by atoms with van der Waals surface area (Å²) in [5.41, 5.74) is 1.18. The summed E-state index contributed by atoms with van der Waals surface area (Å²) in [6.07, 6.45) is 0.367. The fraction of sp³-hybridized carbons (Fsp3) is 0.333. The molecule has 2 aromatic carbocycles. The topological polar surface area (TPSA) is 47.9 Å². The lowest BCUT2D eigenvalue weighted by atomic mass is 9.93. The van der Waals surface area contributed by atoms with E-state index in [0.29, 0.717) is 12.2 Å². The van der Waals surface area contributed by atoms with Crippen molar-refractivity contribution in [3.63, 3.8) is 0 Å². The predicted molar refractivity (Wildman–Crippen MR) is 106 cm³/mol. The fourth-order valence-corrected chi connectivity index (χ4v) is 4.05. The maximum atomic E-state index is 12.9. The zero-order valence-corrected chi connectivity index (χ0v) is 16.1. The summed E-state index contributed by atoms with van der Waals surface area (Å²) in [6, 6.07) is 17.7. The molecule has 1 heterocycles. The minimum atomic E-state index is -0.883. The highest BCUT2D eigenvalue weighted by atomic mass is 32.2. The molecule has 0 bridgehead atoms. The van der Waals surface area contributed by atoms with Gasteiger partial charge in [0.2, 0.25) is 0 Å². The molecule has 0 saturated carbocycles. The Labute approximate surface area is 158 Å². The Hall–Kier alpha value is -2.27. The molecule has 4 nitrogen and oxygen atoms in total. The van der Waals surface area contributed by atoms with Gasteiger partial charge in [0, 0.05) is 17.7 Å². The van der Waals surface area contributed by atoms with E-state index in [1.54, 1.807) is 18.9 Å². The van der Waals surface area contributed by atoms with Crippen LogP contribution in [-0.4, -0.2) is 35.5 Å². The van der Waals surface area contributed by atoms with Gasteiger partial charge in [0.15, 0.2) is 5.54 Å². The molecule has 0 amide bonds. The van der Waals surface area contributed by atoms with E-state index in [2.05, 4.69) is 0 Å². The van der Waals surface area contributed by atoms with Crippen LogP contribution in [0.25, 0.3) is 0 Å². The van der Waals surface area contributed by atoms with Gasteiger partial charge in [-0.2, -0.15) is 0 Å². The van der Waals surface area contributed by atoms with Crippen molar-refractivity contribution in [2.24, 2.45) is 4.99 Å². The van der Waals surface area contributed by atoms with Crippen LogP contribution in [0.1, 0.15) is 25.0 Å². The van der Waals surface area contributed by atoms with E-state index in [1.807, 2.05) is 68.4 Å². The molecule has 136 valence electrons. The molecule has 0 aliphatic carbocycles. The van der Waals surface area contributed by atoms with Crippen LogP contribution >= 0.6 is 11.8 Å². The van der Waals surface area contributed by atoms with Crippen molar-refractivity contribution in [1.82, 2.24) is 0 Å². The van der Waals surface area contributed by atoms with Crippen LogP contribution in [0, 0.1) is 0 Å². The molecule has 0 fully saturated rings. The van der Waals surface area contributed by atoms with Crippen molar-refractivity contribution in [2.75, 3.05) is 12.9 Å². The second-order valence-electron chi connectivity index (χ2n) is 6.58. The highest BCUT2D eigenvalue weighted by Crippen LogP contribution is 2.35. The average Bonchev–Trinajstić information content (AvgIpc) is 3.07. The number of carbonyl (C=O) groups excluding carboxylic acids is 1. The summed E-state index contributed by atoms with van der Waals surface area (Å²) in [6.45, 7) is 3.73. The summed E-state index contributed by atoms with van der Waals surface area (Å²) in [5, 5.41) is 0.865. The number of hydrogen-bond acceptors (Lipinski definition) is 5. The number of methoxy groups -OCH3 is 1. The Balaban J connectivity index is 1.93. The maximum Gasteiger partial charge on any atom is 0.335 e. The Morgan fingerprint density at radius 3 is 2.46 bits per heavy atom. The number of nitrogens with zero attached hydrogens (tertiary/aromatic N) is 1. The minimum absolute atomic E-state index is 0.166. The molecule has 2 aromatic rings. The lowest BCUT2D eigenvalue weighted by Gasteiger charge is -2.24. The molecule has 1 aliphatic rings. The van der Waals surface area contributed by atoms with Crippen LogP contribution in [0.4, 0.5) is 0 Å². The lowest BCUT2D eigenvalue weighted by Crippen LogP contribution is -2.42. The van der Waals surface area contributed by atoms with Crippen molar-refractivity contribution in [3.05, 3.63) is 65.7 Å². The summed E-state index contributed by atoms with van der Waals surface area (Å²) < 4.78 is 10.8. The second kappa shape index (κ2) is 7.96. The third-order valence-corrected chi connectivity index (χ3v) is 5.38. The van der Waals surface area contributed by atoms with Gasteiger partial charge in [-0.25, -0.2) is 4.79 Å². The Morgan fingerprint density at radius 1 is 1.15 bits per heavy atom. The van der Waals surface area contributed by atoms with Crippen molar-refractivity contribution in [2.45, 2.75) is 31.9 Å². The number of carbonyl (C=O) groups is 1. The highest BCUT2D eigenvalue weighted by Gasteiger charge is 2.45. The van der Waals surface area contributed by atoms with E-state index in [9.17, 15) is 4.79 Å². The number of ether oxygens (including phenoxy) is 2. The van der Waals surface area contributed by atoms with Crippen LogP contribution in [-0.2, 0) is 16.0 Å². The van der Waals surface area contributed by atoms with E-state index >= 15 is 0 Å². The lowest BCUT2D eigenvalue weighted by molar-refractivity contribution is -0.152. The van der Waals surface area contributed by atoms with Crippen LogP contribution in [0.5, 0.6) is 5.75 Å². The van der Waals surface area contributed by atoms with E-state index in [0.717, 1.165) is 21.9 Å². The average molecular weight is 369 g/mol. The number of hydrogen-bond donors (Lipinski definition) is 0. The molecule has 26 heavy (non-hydrogen) atoms. The molecule has 0 N–H and O–H groups in total. The van der Waals surface area contributed by atoms with Gasteiger partial charge in [0.05, 0.1) is 18.3 Å². The molecule has 5 heteroatoms. The molecule has 0 unspecified atom stereocenters. The molecular formula is C21H23NO3S. The first kappa shape index (κ1) is 18.5. The zero-order chi connectivity index (χ0) is 18.6. The van der Waals surface area contributed by atoms with E-state index < -0.39 is 5.54 Å². The normalized spacial score (nSPS) is 19.3. The van der Waals surface area contributed by atoms with E-state index in [-0.39, 0.29) is 12.1 Å². The van der Waals surface area contributed by atoms with Crippen LogP contribution in [0.3, 0.4) is 0 Å². The fourth-order valence-electron chi connectivity index (χ4n) is 2.85. The number of aliphatic imine (C=N–C) groups is 1. The molecular weight excluding hydrogens is 346 g/mol. The van der Waals surface area contributed by atoms with Gasteiger partial charge in [0.1, 0.15) is 5.75 Å². The van der Waals surface area contributed by atoms with Crippen molar-refractivity contribution >= 4 is 22.8 Å². The molecule has 0 spiro atoms. The predicted octanol–water partition coefficient (Wildman–Crippen LogP) is 4.12. The van der Waals surface area contributed by atoms with Gasteiger partial charge < -0.3 is 9.47 Å². The Bertz CT molecular complexity index is 787. The monoisotopic (exact) mass is 369 g/mol. The van der Waals surface area contributed by atoms with Gasteiger partial charge in [0.25, 0.3) is 0 Å². The van der Waals surface area contributed by atoms with Crippen LogP contribution in [0.2, 0.25) is 0 Å². The molecule has 3 rings (SSSR count). The summed E-state index contributed by atoms with van der Waals surface area (Å²) in [7, 11) is 1.64. The zero-order valence-electron chi connectivity index (χ0n) is 15.3. The largest absolute Gasteiger partial charge is 0.497 e. The van der Waals surface area contributed by atoms with Crippen LogP contribution < -0.4 is 4.74 Å². The first-order valence-corrected chi connectivity index (χ1v) is 9.63. The molecule has 1 aliphatic heterocycles. The first-order chi connectivity index (χ1) is 12.5. The Kier molecular flexibility index (Phi) is 5.67. The SMILES string of the molecule is COc1ccc(C2=N[C@@](Cc3ccccc3)(C(=O)OC(C)C)CS2)cc1. The molecule has 0 saturated heterocycles. The van der Waals surface area contributed by atoms with E-state index in [4.69, 9.17) is 14.5 Å². The Morgan fingerprint density at radius 2 is 1.85 bits per heavy atom. The smallest absolute Gasteiger partial charge is 0.335 e. The number of thioether (sulfide) groups is 1. The van der Waals surface area contributed by atoms with Gasteiger partial charge >= 0.3 is 5.97 Å². The number of rotatable bonds is 6. The quantitative estimate of drug-likeness (QED) is 0.719. The van der Waals surface area contributed by atoms with Crippen molar-refractivity contribution in [1.29, 1.82) is 0 Å². The third-order valence-electron chi connectivity index (χ3n) is 4.16. The van der Waals surface area contributed by atoms with Gasteiger partial charge in [-0.05, 0) is 43.7 Å². The summed E-state index contributed by atoms with van der Waals surface area (Å²) in [4.78, 5) is 17.8. The number of benzene rings is 2. The van der Waals surface area contributed by atoms with Crippen molar-refractivity contribution < 1.29 is 14.3 Å². The van der Waals surface area contributed by atoms with Crippen LogP contribution in [0.15, 0.2) is 59.6 Å². The minimum Gasteiger partial charge on any atom is -0.497 e. The standard InChI is InChI=1S/C21H23NO3S/c1-15(2)25-20(23)21(13-16-7-5-4-6-8-16)14-26-19(22-21)17-9-11-18(24-3)12-10-17/h4-12,15H,13-14H2,1-3H3/t21-/m1/s1. The van der Waals surface area contributed by atoms with Gasteiger partial charge in [-0.15, -0.1) is 11.8 Å².